The zero-order valence-corrected chi connectivity index (χ0v) is 13.5. The van der Waals surface area contributed by atoms with Crippen LogP contribution in [0.3, 0.4) is 0 Å². The zero-order valence-electron chi connectivity index (χ0n) is 13.5. The van der Waals surface area contributed by atoms with Gasteiger partial charge in [-0.25, -0.2) is 4.98 Å². The Bertz CT molecular complexity index is 769. The first-order valence-corrected chi connectivity index (χ1v) is 8.29. The summed E-state index contributed by atoms with van der Waals surface area (Å²) in [5.74, 6) is 1.18. The number of carbonyl (C=O) groups is 1. The molecule has 0 aliphatic heterocycles. The summed E-state index contributed by atoms with van der Waals surface area (Å²) in [5.41, 5.74) is 2.22. The lowest BCUT2D eigenvalue weighted by Gasteiger charge is -2.30. The van der Waals surface area contributed by atoms with Crippen LogP contribution in [0.25, 0.3) is 11.0 Å². The third-order valence-corrected chi connectivity index (χ3v) is 5.72. The number of rotatable bonds is 3. The van der Waals surface area contributed by atoms with Crippen LogP contribution in [-0.2, 0) is 7.05 Å². The second-order valence-corrected chi connectivity index (χ2v) is 6.98. The average molecular weight is 314 g/mol. The summed E-state index contributed by atoms with van der Waals surface area (Å²) >= 11 is 0. The maximum Gasteiger partial charge on any atom is 0.253 e. The van der Waals surface area contributed by atoms with Gasteiger partial charge in [-0.2, -0.15) is 5.10 Å². The number of amides is 1. The second kappa shape index (κ2) is 5.30. The Morgan fingerprint density at radius 2 is 2.22 bits per heavy atom. The Morgan fingerprint density at radius 3 is 3.00 bits per heavy atom. The molecule has 4 rings (SSSR count). The van der Waals surface area contributed by atoms with Crippen molar-refractivity contribution in [3.8, 4) is 0 Å². The van der Waals surface area contributed by atoms with E-state index in [0.29, 0.717) is 17.4 Å². The number of hydrogen-bond acceptors (Lipinski definition) is 4. The number of hydrogen-bond donors (Lipinski definition) is 2. The second-order valence-electron chi connectivity index (χ2n) is 6.98. The van der Waals surface area contributed by atoms with E-state index in [9.17, 15) is 9.90 Å². The van der Waals surface area contributed by atoms with Crippen molar-refractivity contribution in [1.29, 1.82) is 0 Å². The minimum absolute atomic E-state index is 0.0944. The molecule has 2 aliphatic carbocycles. The molecule has 0 saturated heterocycles. The van der Waals surface area contributed by atoms with Crippen LogP contribution < -0.4 is 5.32 Å². The molecule has 0 spiro atoms. The fourth-order valence-corrected chi connectivity index (χ4v) is 4.56. The zero-order chi connectivity index (χ0) is 16.1. The summed E-state index contributed by atoms with van der Waals surface area (Å²) in [5, 5.41) is 18.0. The molecular formula is C17H22N4O2. The predicted molar refractivity (Wildman–Crippen MR) is 85.9 cm³/mol. The van der Waals surface area contributed by atoms with Gasteiger partial charge in [0, 0.05) is 37.2 Å². The maximum absolute atomic E-state index is 12.6. The molecular weight excluding hydrogens is 292 g/mol. The first kappa shape index (κ1) is 14.6. The molecule has 4 atom stereocenters. The van der Waals surface area contributed by atoms with E-state index in [1.54, 1.807) is 10.9 Å². The van der Waals surface area contributed by atoms with Gasteiger partial charge < -0.3 is 10.4 Å². The minimum atomic E-state index is -0.0985. The molecule has 0 radical (unpaired) electrons. The smallest absolute Gasteiger partial charge is 0.253 e. The third kappa shape index (κ3) is 2.24. The van der Waals surface area contributed by atoms with E-state index in [1.807, 2.05) is 20.0 Å². The molecule has 2 bridgehead atoms. The number of pyridine rings is 1. The van der Waals surface area contributed by atoms with Crippen LogP contribution in [0.5, 0.6) is 0 Å². The predicted octanol–water partition coefficient (Wildman–Crippen LogP) is 1.41. The monoisotopic (exact) mass is 314 g/mol. The topological polar surface area (TPSA) is 80.0 Å². The van der Waals surface area contributed by atoms with E-state index in [0.717, 1.165) is 29.6 Å². The fourth-order valence-electron chi connectivity index (χ4n) is 4.56. The van der Waals surface area contributed by atoms with Gasteiger partial charge in [0.1, 0.15) is 0 Å². The summed E-state index contributed by atoms with van der Waals surface area (Å²) in [4.78, 5) is 17.0. The number of aliphatic hydroxyl groups is 1. The minimum Gasteiger partial charge on any atom is -0.396 e. The van der Waals surface area contributed by atoms with Crippen LogP contribution >= 0.6 is 0 Å². The number of carbonyl (C=O) groups excluding carboxylic acids is 1. The van der Waals surface area contributed by atoms with Crippen molar-refractivity contribution in [3.05, 3.63) is 23.5 Å². The highest BCUT2D eigenvalue weighted by Gasteiger charge is 2.47. The summed E-state index contributed by atoms with van der Waals surface area (Å²) in [6, 6.07) is 1.96. The fraction of sp³-hybridized carbons (Fsp3) is 0.588. The van der Waals surface area contributed by atoms with Crippen LogP contribution in [0.4, 0.5) is 0 Å². The summed E-state index contributed by atoms with van der Waals surface area (Å²) in [7, 11) is 1.85. The van der Waals surface area contributed by atoms with Gasteiger partial charge in [-0.1, -0.05) is 0 Å². The largest absolute Gasteiger partial charge is 0.396 e. The van der Waals surface area contributed by atoms with E-state index >= 15 is 0 Å². The van der Waals surface area contributed by atoms with Crippen molar-refractivity contribution in [2.45, 2.75) is 32.2 Å². The van der Waals surface area contributed by atoms with Crippen molar-refractivity contribution in [1.82, 2.24) is 20.1 Å². The SMILES string of the molecule is Cc1nn(C)c2ncc(C(=O)NC3C4CCC(C4)C3CO)cc12. The average Bonchev–Trinajstić information content (AvgIpc) is 3.21. The van der Waals surface area contributed by atoms with Crippen molar-refractivity contribution in [2.24, 2.45) is 24.8 Å². The number of aliphatic hydroxyl groups excluding tert-OH is 1. The Balaban J connectivity index is 1.58. The molecule has 6 heteroatoms. The Kier molecular flexibility index (Phi) is 3.37. The summed E-state index contributed by atoms with van der Waals surface area (Å²) < 4.78 is 1.73. The van der Waals surface area contributed by atoms with E-state index in [2.05, 4.69) is 15.4 Å². The number of fused-ring (bicyclic) bond motifs is 3. The van der Waals surface area contributed by atoms with Crippen LogP contribution in [0, 0.1) is 24.7 Å². The van der Waals surface area contributed by atoms with Crippen molar-refractivity contribution < 1.29 is 9.90 Å². The van der Waals surface area contributed by atoms with E-state index < -0.39 is 0 Å². The highest BCUT2D eigenvalue weighted by Crippen LogP contribution is 2.48. The number of nitrogens with one attached hydrogen (secondary N) is 1. The molecule has 0 aromatic carbocycles. The normalized spacial score (nSPS) is 29.3. The van der Waals surface area contributed by atoms with Crippen LogP contribution in [-0.4, -0.2) is 38.4 Å². The van der Waals surface area contributed by atoms with E-state index in [-0.39, 0.29) is 24.5 Å². The van der Waals surface area contributed by atoms with E-state index in [4.69, 9.17) is 0 Å². The van der Waals surface area contributed by atoms with Gasteiger partial charge in [0.05, 0.1) is 11.3 Å². The van der Waals surface area contributed by atoms with Gasteiger partial charge >= 0.3 is 0 Å². The van der Waals surface area contributed by atoms with Gasteiger partial charge in [0.2, 0.25) is 0 Å². The van der Waals surface area contributed by atoms with E-state index in [1.165, 1.54) is 6.42 Å². The van der Waals surface area contributed by atoms with Gasteiger partial charge in [0.25, 0.3) is 5.91 Å². The molecule has 1 amide bonds. The highest BCUT2D eigenvalue weighted by molar-refractivity contribution is 5.97. The molecule has 2 fully saturated rings. The van der Waals surface area contributed by atoms with Gasteiger partial charge in [-0.3, -0.25) is 9.48 Å². The molecule has 2 aromatic heterocycles. The van der Waals surface area contributed by atoms with Crippen molar-refractivity contribution in [3.63, 3.8) is 0 Å². The summed E-state index contributed by atoms with van der Waals surface area (Å²) in [6.07, 6.45) is 5.09. The molecule has 6 nitrogen and oxygen atoms in total. The molecule has 2 aromatic rings. The molecule has 2 N–H and O–H groups in total. The Morgan fingerprint density at radius 1 is 1.43 bits per heavy atom. The molecule has 122 valence electrons. The molecule has 2 heterocycles. The quantitative estimate of drug-likeness (QED) is 0.898. The Hall–Kier alpha value is -1.95. The lowest BCUT2D eigenvalue weighted by molar-refractivity contribution is 0.0861. The molecule has 4 unspecified atom stereocenters. The lowest BCUT2D eigenvalue weighted by atomic mass is 9.85. The number of aryl methyl sites for hydroxylation is 2. The molecule has 2 aliphatic rings. The Labute approximate surface area is 134 Å². The number of nitrogens with zero attached hydrogens (tertiary/aromatic N) is 3. The lowest BCUT2D eigenvalue weighted by Crippen LogP contribution is -2.45. The van der Waals surface area contributed by atoms with Crippen LogP contribution in [0.15, 0.2) is 12.3 Å². The first-order chi connectivity index (χ1) is 11.1. The summed E-state index contributed by atoms with van der Waals surface area (Å²) in [6.45, 7) is 2.08. The molecule has 2 saturated carbocycles. The van der Waals surface area contributed by atoms with Crippen molar-refractivity contribution >= 4 is 16.9 Å². The first-order valence-electron chi connectivity index (χ1n) is 8.29. The van der Waals surface area contributed by atoms with Crippen LogP contribution in [0.2, 0.25) is 0 Å². The van der Waals surface area contributed by atoms with Crippen molar-refractivity contribution in [2.75, 3.05) is 6.61 Å². The van der Waals surface area contributed by atoms with Gasteiger partial charge in [0.15, 0.2) is 5.65 Å². The highest BCUT2D eigenvalue weighted by atomic mass is 16.3. The standard InChI is InChI=1S/C17H22N4O2/c1-9-13-6-12(7-18-16(13)21(2)20-9)17(23)19-15-11-4-3-10(5-11)14(15)8-22/h6-7,10-11,14-15,22H,3-5,8H2,1-2H3,(H,19,23). The maximum atomic E-state index is 12.6. The van der Waals surface area contributed by atoms with Gasteiger partial charge in [-0.15, -0.1) is 0 Å². The number of aromatic nitrogens is 3. The third-order valence-electron chi connectivity index (χ3n) is 5.72. The van der Waals surface area contributed by atoms with Crippen LogP contribution in [0.1, 0.15) is 35.3 Å². The molecule has 23 heavy (non-hydrogen) atoms. The van der Waals surface area contributed by atoms with Gasteiger partial charge in [-0.05, 0) is 44.1 Å².